The Kier molecular flexibility index (Phi) is 4.57. The minimum absolute atomic E-state index is 0.490. The van der Waals surface area contributed by atoms with Crippen molar-refractivity contribution in [1.29, 1.82) is 0 Å². The number of anilines is 1. The van der Waals surface area contributed by atoms with Crippen LogP contribution in [-0.4, -0.2) is 18.0 Å². The quantitative estimate of drug-likeness (QED) is 0.879. The number of rotatable bonds is 5. The first-order valence-corrected chi connectivity index (χ1v) is 6.71. The standard InChI is InChI=1S/C14H14BrN3O2/c1-20-11-5-3-10(4-6-11)18-13(14(16)19)12-7-2-9(15)8-17-12/h2-8,13,18H,1H3,(H2,16,19). The summed E-state index contributed by atoms with van der Waals surface area (Å²) in [6, 6.07) is 10.1. The van der Waals surface area contributed by atoms with Gasteiger partial charge in [-0.1, -0.05) is 0 Å². The number of aromatic nitrogens is 1. The second kappa shape index (κ2) is 6.38. The van der Waals surface area contributed by atoms with Crippen LogP contribution in [0.1, 0.15) is 11.7 Å². The Labute approximate surface area is 125 Å². The van der Waals surface area contributed by atoms with Crippen LogP contribution in [0.3, 0.4) is 0 Å². The van der Waals surface area contributed by atoms with Crippen LogP contribution in [0.4, 0.5) is 5.69 Å². The molecule has 1 aromatic heterocycles. The normalized spacial score (nSPS) is 11.7. The Morgan fingerprint density at radius 3 is 2.50 bits per heavy atom. The van der Waals surface area contributed by atoms with E-state index in [-0.39, 0.29) is 0 Å². The smallest absolute Gasteiger partial charge is 0.246 e. The number of carbonyl (C=O) groups excluding carboxylic acids is 1. The van der Waals surface area contributed by atoms with Gasteiger partial charge in [0.1, 0.15) is 11.8 Å². The highest BCUT2D eigenvalue weighted by molar-refractivity contribution is 9.10. The lowest BCUT2D eigenvalue weighted by Crippen LogP contribution is -2.28. The van der Waals surface area contributed by atoms with Crippen LogP contribution in [0, 0.1) is 0 Å². The number of nitrogens with one attached hydrogen (secondary N) is 1. The molecule has 2 rings (SSSR count). The minimum Gasteiger partial charge on any atom is -0.497 e. The summed E-state index contributed by atoms with van der Waals surface area (Å²) in [5, 5.41) is 3.06. The number of primary amides is 1. The van der Waals surface area contributed by atoms with E-state index in [0.29, 0.717) is 5.69 Å². The fourth-order valence-corrected chi connectivity index (χ4v) is 1.94. The summed E-state index contributed by atoms with van der Waals surface area (Å²) in [6.45, 7) is 0. The Morgan fingerprint density at radius 2 is 2.00 bits per heavy atom. The van der Waals surface area contributed by atoms with Crippen LogP contribution in [0.2, 0.25) is 0 Å². The fraction of sp³-hybridized carbons (Fsp3) is 0.143. The molecule has 0 radical (unpaired) electrons. The van der Waals surface area contributed by atoms with Crippen LogP contribution in [0.25, 0.3) is 0 Å². The highest BCUT2D eigenvalue weighted by Gasteiger charge is 2.18. The molecule has 0 saturated carbocycles. The number of hydrogen-bond acceptors (Lipinski definition) is 4. The summed E-state index contributed by atoms with van der Waals surface area (Å²) in [7, 11) is 1.60. The third kappa shape index (κ3) is 3.48. The van der Waals surface area contributed by atoms with E-state index in [1.807, 2.05) is 18.2 Å². The number of benzene rings is 1. The molecule has 1 amide bonds. The lowest BCUT2D eigenvalue weighted by Gasteiger charge is -2.16. The maximum Gasteiger partial charge on any atom is 0.246 e. The van der Waals surface area contributed by atoms with Crippen LogP contribution in [0.5, 0.6) is 5.75 Å². The average molecular weight is 336 g/mol. The zero-order valence-corrected chi connectivity index (χ0v) is 12.4. The van der Waals surface area contributed by atoms with Crippen LogP contribution in [-0.2, 0) is 4.79 Å². The van der Waals surface area contributed by atoms with E-state index in [1.165, 1.54) is 0 Å². The molecule has 20 heavy (non-hydrogen) atoms. The Balaban J connectivity index is 2.20. The first-order chi connectivity index (χ1) is 9.60. The van der Waals surface area contributed by atoms with Gasteiger partial charge in [-0.25, -0.2) is 0 Å². The maximum atomic E-state index is 11.6. The summed E-state index contributed by atoms with van der Waals surface area (Å²) < 4.78 is 5.92. The van der Waals surface area contributed by atoms with Gasteiger partial charge in [0, 0.05) is 16.4 Å². The number of ether oxygens (including phenoxy) is 1. The number of pyridine rings is 1. The molecule has 6 heteroatoms. The Bertz CT molecular complexity index is 584. The van der Waals surface area contributed by atoms with Gasteiger partial charge >= 0.3 is 0 Å². The van der Waals surface area contributed by atoms with Crippen molar-refractivity contribution in [2.75, 3.05) is 12.4 Å². The van der Waals surface area contributed by atoms with Gasteiger partial charge in [-0.3, -0.25) is 9.78 Å². The van der Waals surface area contributed by atoms with Gasteiger partial charge in [0.15, 0.2) is 0 Å². The van der Waals surface area contributed by atoms with Crippen molar-refractivity contribution in [2.45, 2.75) is 6.04 Å². The van der Waals surface area contributed by atoms with Crippen molar-refractivity contribution in [1.82, 2.24) is 4.98 Å². The lowest BCUT2D eigenvalue weighted by molar-refractivity contribution is -0.118. The van der Waals surface area contributed by atoms with E-state index < -0.39 is 11.9 Å². The predicted molar refractivity (Wildman–Crippen MR) is 80.5 cm³/mol. The molecule has 104 valence electrons. The predicted octanol–water partition coefficient (Wildman–Crippen LogP) is 2.49. The van der Waals surface area contributed by atoms with E-state index in [2.05, 4.69) is 26.2 Å². The third-order valence-electron chi connectivity index (χ3n) is 2.73. The molecular weight excluding hydrogens is 322 g/mol. The molecule has 0 fully saturated rings. The molecule has 1 aromatic carbocycles. The van der Waals surface area contributed by atoms with Gasteiger partial charge < -0.3 is 15.8 Å². The third-order valence-corrected chi connectivity index (χ3v) is 3.20. The second-order valence-corrected chi connectivity index (χ2v) is 5.03. The van der Waals surface area contributed by atoms with Crippen molar-refractivity contribution in [2.24, 2.45) is 5.73 Å². The molecule has 0 aliphatic carbocycles. The SMILES string of the molecule is COc1ccc(NC(C(N)=O)c2ccc(Br)cn2)cc1. The molecule has 2 aromatic rings. The van der Waals surface area contributed by atoms with Gasteiger partial charge in [-0.05, 0) is 52.3 Å². The topological polar surface area (TPSA) is 77.2 Å². The van der Waals surface area contributed by atoms with Gasteiger partial charge in [-0.15, -0.1) is 0 Å². The van der Waals surface area contributed by atoms with Gasteiger partial charge in [0.05, 0.1) is 12.8 Å². The average Bonchev–Trinajstić information content (AvgIpc) is 2.46. The van der Waals surface area contributed by atoms with Gasteiger partial charge in [0.25, 0.3) is 0 Å². The van der Waals surface area contributed by atoms with Gasteiger partial charge in [-0.2, -0.15) is 0 Å². The van der Waals surface area contributed by atoms with E-state index in [4.69, 9.17) is 10.5 Å². The van der Waals surface area contributed by atoms with E-state index in [9.17, 15) is 4.79 Å². The molecule has 0 spiro atoms. The zero-order chi connectivity index (χ0) is 14.5. The van der Waals surface area contributed by atoms with E-state index in [1.54, 1.807) is 31.5 Å². The monoisotopic (exact) mass is 335 g/mol. The number of halogens is 1. The van der Waals surface area contributed by atoms with Crippen molar-refractivity contribution in [3.63, 3.8) is 0 Å². The van der Waals surface area contributed by atoms with Crippen molar-refractivity contribution >= 4 is 27.5 Å². The Hall–Kier alpha value is -2.08. The molecule has 1 heterocycles. The highest BCUT2D eigenvalue weighted by atomic mass is 79.9. The summed E-state index contributed by atoms with van der Waals surface area (Å²) in [4.78, 5) is 15.8. The molecule has 0 aliphatic rings. The largest absolute Gasteiger partial charge is 0.497 e. The molecule has 0 saturated heterocycles. The van der Waals surface area contributed by atoms with E-state index in [0.717, 1.165) is 15.9 Å². The van der Waals surface area contributed by atoms with Crippen LogP contribution < -0.4 is 15.8 Å². The first kappa shape index (κ1) is 14.3. The molecule has 0 bridgehead atoms. The number of nitrogens with zero attached hydrogens (tertiary/aromatic N) is 1. The molecule has 1 atom stereocenters. The molecule has 5 nitrogen and oxygen atoms in total. The highest BCUT2D eigenvalue weighted by Crippen LogP contribution is 2.21. The molecule has 3 N–H and O–H groups in total. The Morgan fingerprint density at radius 1 is 1.30 bits per heavy atom. The number of methoxy groups -OCH3 is 1. The van der Waals surface area contributed by atoms with Crippen molar-refractivity contribution < 1.29 is 9.53 Å². The summed E-state index contributed by atoms with van der Waals surface area (Å²) in [5.41, 5.74) is 6.76. The second-order valence-electron chi connectivity index (χ2n) is 4.11. The lowest BCUT2D eigenvalue weighted by atomic mass is 10.1. The van der Waals surface area contributed by atoms with E-state index >= 15 is 0 Å². The number of nitrogens with two attached hydrogens (primary N) is 1. The number of amides is 1. The molecule has 1 unspecified atom stereocenters. The fourth-order valence-electron chi connectivity index (χ4n) is 1.70. The molecule has 0 aliphatic heterocycles. The van der Waals surface area contributed by atoms with Crippen molar-refractivity contribution in [3.8, 4) is 5.75 Å². The number of hydrogen-bond donors (Lipinski definition) is 2. The summed E-state index contributed by atoms with van der Waals surface area (Å²) in [6.07, 6.45) is 1.63. The van der Waals surface area contributed by atoms with Gasteiger partial charge in [0.2, 0.25) is 5.91 Å². The van der Waals surface area contributed by atoms with Crippen LogP contribution >= 0.6 is 15.9 Å². The minimum atomic E-state index is -0.684. The summed E-state index contributed by atoms with van der Waals surface area (Å²) >= 11 is 3.30. The molecular formula is C14H14BrN3O2. The first-order valence-electron chi connectivity index (χ1n) is 5.91. The van der Waals surface area contributed by atoms with Crippen LogP contribution in [0.15, 0.2) is 47.1 Å². The maximum absolute atomic E-state index is 11.6. The zero-order valence-electron chi connectivity index (χ0n) is 10.8. The van der Waals surface area contributed by atoms with Crippen molar-refractivity contribution in [3.05, 3.63) is 52.8 Å². The number of carbonyl (C=O) groups is 1. The summed E-state index contributed by atoms with van der Waals surface area (Å²) in [5.74, 6) is 0.253.